The molecular weight excluding hydrogens is 134 g/mol. The number of hydrogen-bond donors (Lipinski definition) is 1. The van der Waals surface area contributed by atoms with Crippen LogP contribution in [0.15, 0.2) is 30.3 Å². The SMILES string of the molecule is [CH2-][NH2+]C[C@@H](C)c1ccccc1. The van der Waals surface area contributed by atoms with Crippen molar-refractivity contribution in [3.63, 3.8) is 0 Å². The molecule has 0 saturated heterocycles. The van der Waals surface area contributed by atoms with Crippen LogP contribution < -0.4 is 5.32 Å². The maximum Gasteiger partial charge on any atom is 0.0582 e. The van der Waals surface area contributed by atoms with Crippen LogP contribution in [0.3, 0.4) is 0 Å². The van der Waals surface area contributed by atoms with Crippen molar-refractivity contribution in [3.05, 3.63) is 42.9 Å². The molecule has 1 nitrogen and oxygen atoms in total. The van der Waals surface area contributed by atoms with Crippen LogP contribution in [0.25, 0.3) is 0 Å². The third-order valence-corrected chi connectivity index (χ3v) is 1.89. The molecule has 0 heterocycles. The van der Waals surface area contributed by atoms with E-state index in [0.717, 1.165) is 6.54 Å². The summed E-state index contributed by atoms with van der Waals surface area (Å²) in [7, 11) is 3.73. The minimum absolute atomic E-state index is 0.605. The Bertz CT molecular complexity index is 193. The van der Waals surface area contributed by atoms with Crippen molar-refractivity contribution >= 4 is 0 Å². The fraction of sp³-hybridized carbons (Fsp3) is 0.300. The van der Waals surface area contributed by atoms with E-state index in [-0.39, 0.29) is 0 Å². The van der Waals surface area contributed by atoms with Gasteiger partial charge in [-0.05, 0) is 5.56 Å². The maximum absolute atomic E-state index is 3.73. The Balaban J connectivity index is 2.61. The quantitative estimate of drug-likeness (QED) is 0.621. The highest BCUT2D eigenvalue weighted by Gasteiger charge is 2.02. The Kier molecular flexibility index (Phi) is 3.12. The highest BCUT2D eigenvalue weighted by molar-refractivity contribution is 5.18. The molecule has 0 unspecified atom stereocenters. The third-order valence-electron chi connectivity index (χ3n) is 1.89. The molecule has 60 valence electrons. The van der Waals surface area contributed by atoms with Gasteiger partial charge in [0.15, 0.2) is 0 Å². The van der Waals surface area contributed by atoms with E-state index in [0.29, 0.717) is 5.92 Å². The van der Waals surface area contributed by atoms with Gasteiger partial charge in [0.25, 0.3) is 0 Å². The lowest BCUT2D eigenvalue weighted by Crippen LogP contribution is -2.77. The first kappa shape index (κ1) is 8.28. The fourth-order valence-electron chi connectivity index (χ4n) is 1.17. The van der Waals surface area contributed by atoms with Crippen molar-refractivity contribution in [3.8, 4) is 0 Å². The molecule has 0 aliphatic rings. The van der Waals surface area contributed by atoms with Gasteiger partial charge in [-0.15, -0.1) is 0 Å². The molecule has 0 saturated carbocycles. The molecule has 0 aliphatic heterocycles. The highest BCUT2D eigenvalue weighted by Crippen LogP contribution is 2.11. The molecule has 1 heteroatoms. The first-order valence-corrected chi connectivity index (χ1v) is 4.00. The minimum atomic E-state index is 0.605. The average molecular weight is 149 g/mol. The molecule has 1 atom stereocenters. The van der Waals surface area contributed by atoms with Gasteiger partial charge < -0.3 is 5.32 Å². The molecule has 11 heavy (non-hydrogen) atoms. The zero-order valence-corrected chi connectivity index (χ0v) is 6.96. The van der Waals surface area contributed by atoms with Crippen LogP contribution in [-0.4, -0.2) is 6.54 Å². The van der Waals surface area contributed by atoms with Gasteiger partial charge in [0.2, 0.25) is 0 Å². The van der Waals surface area contributed by atoms with E-state index in [1.54, 1.807) is 0 Å². The Labute approximate surface area is 68.4 Å². The molecule has 2 N–H and O–H groups in total. The highest BCUT2D eigenvalue weighted by atomic mass is 14.8. The van der Waals surface area contributed by atoms with Crippen molar-refractivity contribution in [2.75, 3.05) is 6.54 Å². The average Bonchev–Trinajstić information content (AvgIpc) is 2.07. The molecule has 0 fully saturated rings. The predicted octanol–water partition coefficient (Wildman–Crippen LogP) is 1.15. The van der Waals surface area contributed by atoms with Gasteiger partial charge in [-0.3, -0.25) is 0 Å². The molecule has 1 aromatic rings. The molecule has 0 aromatic heterocycles. The molecule has 0 amide bonds. The molecule has 1 rings (SSSR count). The lowest BCUT2D eigenvalue weighted by atomic mass is 10.0. The third kappa shape index (κ3) is 2.35. The first-order chi connectivity index (χ1) is 5.34. The lowest BCUT2D eigenvalue weighted by molar-refractivity contribution is -0.597. The Morgan fingerprint density at radius 3 is 2.55 bits per heavy atom. The van der Waals surface area contributed by atoms with E-state index >= 15 is 0 Å². The number of hydrogen-bond acceptors (Lipinski definition) is 0. The molecule has 0 bridgehead atoms. The normalized spacial score (nSPS) is 12.9. The van der Waals surface area contributed by atoms with Crippen LogP contribution in [0, 0.1) is 7.05 Å². The predicted molar refractivity (Wildman–Crippen MR) is 47.0 cm³/mol. The van der Waals surface area contributed by atoms with E-state index < -0.39 is 0 Å². The van der Waals surface area contributed by atoms with Crippen molar-refractivity contribution in [1.29, 1.82) is 0 Å². The number of quaternary nitrogens is 1. The smallest absolute Gasteiger partial charge is 0.0582 e. The number of rotatable bonds is 3. The van der Waals surface area contributed by atoms with Crippen LogP contribution in [0.4, 0.5) is 0 Å². The fourth-order valence-corrected chi connectivity index (χ4v) is 1.17. The number of nitrogens with two attached hydrogens (primary N) is 1. The molecule has 0 spiro atoms. The molecular formula is C10H15N. The second-order valence-corrected chi connectivity index (χ2v) is 2.84. The van der Waals surface area contributed by atoms with E-state index in [9.17, 15) is 0 Å². The van der Waals surface area contributed by atoms with Crippen molar-refractivity contribution in [1.82, 2.24) is 0 Å². The van der Waals surface area contributed by atoms with Crippen LogP contribution >= 0.6 is 0 Å². The molecule has 1 aromatic carbocycles. The standard InChI is InChI=1S/C10H15N/c1-9(8-11-2)10-6-4-3-5-7-10/h3-7,9H,2,8,11H2,1H3/t9-/m1/s1. The summed E-state index contributed by atoms with van der Waals surface area (Å²) in [6.45, 7) is 3.28. The van der Waals surface area contributed by atoms with Crippen molar-refractivity contribution in [2.24, 2.45) is 0 Å². The summed E-state index contributed by atoms with van der Waals surface area (Å²) < 4.78 is 0. The van der Waals surface area contributed by atoms with E-state index in [4.69, 9.17) is 0 Å². The Morgan fingerprint density at radius 2 is 2.00 bits per heavy atom. The summed E-state index contributed by atoms with van der Waals surface area (Å²) in [5.41, 5.74) is 1.40. The van der Waals surface area contributed by atoms with Crippen LogP contribution in [0.2, 0.25) is 0 Å². The van der Waals surface area contributed by atoms with Gasteiger partial charge in [-0.2, -0.15) is 7.05 Å². The van der Waals surface area contributed by atoms with Crippen LogP contribution in [0.1, 0.15) is 18.4 Å². The van der Waals surface area contributed by atoms with Gasteiger partial charge in [0.1, 0.15) is 0 Å². The second kappa shape index (κ2) is 4.14. The minimum Gasteiger partial charge on any atom is -0.478 e. The summed E-state index contributed by atoms with van der Waals surface area (Å²) in [5.74, 6) is 0.605. The largest absolute Gasteiger partial charge is 0.478 e. The van der Waals surface area contributed by atoms with E-state index in [1.807, 2.05) is 11.4 Å². The Morgan fingerprint density at radius 1 is 1.36 bits per heavy atom. The van der Waals surface area contributed by atoms with Gasteiger partial charge in [-0.1, -0.05) is 37.3 Å². The molecule has 0 radical (unpaired) electrons. The summed E-state index contributed by atoms with van der Waals surface area (Å²) in [6, 6.07) is 10.5. The zero-order chi connectivity index (χ0) is 8.10. The molecule has 0 aliphatic carbocycles. The van der Waals surface area contributed by atoms with Gasteiger partial charge in [-0.25, -0.2) is 0 Å². The number of benzene rings is 1. The lowest BCUT2D eigenvalue weighted by Gasteiger charge is -2.10. The van der Waals surface area contributed by atoms with Crippen molar-refractivity contribution in [2.45, 2.75) is 12.8 Å². The second-order valence-electron chi connectivity index (χ2n) is 2.84. The van der Waals surface area contributed by atoms with E-state index in [1.165, 1.54) is 5.56 Å². The summed E-state index contributed by atoms with van der Waals surface area (Å²) >= 11 is 0. The Hall–Kier alpha value is -0.820. The first-order valence-electron chi connectivity index (χ1n) is 4.00. The zero-order valence-electron chi connectivity index (χ0n) is 6.96. The summed E-state index contributed by atoms with van der Waals surface area (Å²) in [6.07, 6.45) is 0. The van der Waals surface area contributed by atoms with Gasteiger partial charge >= 0.3 is 0 Å². The van der Waals surface area contributed by atoms with Crippen LogP contribution in [-0.2, 0) is 0 Å². The van der Waals surface area contributed by atoms with Crippen molar-refractivity contribution < 1.29 is 5.32 Å². The van der Waals surface area contributed by atoms with Gasteiger partial charge in [0, 0.05) is 5.92 Å². The maximum atomic E-state index is 3.73. The van der Waals surface area contributed by atoms with Gasteiger partial charge in [0.05, 0.1) is 6.54 Å². The summed E-state index contributed by atoms with van der Waals surface area (Å²) in [4.78, 5) is 0. The van der Waals surface area contributed by atoms with E-state index in [2.05, 4.69) is 38.2 Å². The summed E-state index contributed by atoms with van der Waals surface area (Å²) in [5, 5.41) is 1.97. The monoisotopic (exact) mass is 149 g/mol. The topological polar surface area (TPSA) is 16.6 Å². The van der Waals surface area contributed by atoms with Crippen LogP contribution in [0.5, 0.6) is 0 Å².